The van der Waals surface area contributed by atoms with E-state index in [0.717, 1.165) is 10.7 Å². The summed E-state index contributed by atoms with van der Waals surface area (Å²) < 4.78 is 5.76. The maximum absolute atomic E-state index is 12.3. The summed E-state index contributed by atoms with van der Waals surface area (Å²) in [7, 11) is 1.86. The van der Waals surface area contributed by atoms with E-state index in [-0.39, 0.29) is 36.8 Å². The summed E-state index contributed by atoms with van der Waals surface area (Å²) in [5.74, 6) is 0.440. The second kappa shape index (κ2) is 11.3. The van der Waals surface area contributed by atoms with E-state index < -0.39 is 0 Å². The lowest BCUT2D eigenvalue weighted by Gasteiger charge is -2.13. The third-order valence-electron chi connectivity index (χ3n) is 3.24. The highest BCUT2D eigenvalue weighted by atomic mass is 35.5. The normalized spacial score (nSPS) is 11.0. The SMILES string of the molecule is CNC(C)CNC(=O)c1ccccc1OCc1csc(C)n1.Cl.Cl. The zero-order valence-electron chi connectivity index (χ0n) is 13.9. The molecule has 1 amide bonds. The summed E-state index contributed by atoms with van der Waals surface area (Å²) in [6, 6.07) is 7.47. The fraction of sp³-hybridized carbons (Fsp3) is 0.375. The Kier molecular flexibility index (Phi) is 10.6. The van der Waals surface area contributed by atoms with E-state index in [4.69, 9.17) is 4.74 Å². The smallest absolute Gasteiger partial charge is 0.255 e. The number of nitrogens with one attached hydrogen (secondary N) is 2. The first-order valence-corrected chi connectivity index (χ1v) is 8.06. The number of aromatic nitrogens is 1. The van der Waals surface area contributed by atoms with Gasteiger partial charge < -0.3 is 15.4 Å². The van der Waals surface area contributed by atoms with Crippen molar-refractivity contribution in [3.63, 3.8) is 0 Å². The van der Waals surface area contributed by atoms with Crippen LogP contribution < -0.4 is 15.4 Å². The number of carbonyl (C=O) groups is 1. The minimum absolute atomic E-state index is 0. The maximum atomic E-state index is 12.3. The van der Waals surface area contributed by atoms with Crippen LogP contribution in [0.4, 0.5) is 0 Å². The van der Waals surface area contributed by atoms with Crippen molar-refractivity contribution in [1.82, 2.24) is 15.6 Å². The monoisotopic (exact) mass is 391 g/mol. The lowest BCUT2D eigenvalue weighted by molar-refractivity contribution is 0.0946. The molecule has 1 heterocycles. The van der Waals surface area contributed by atoms with E-state index in [2.05, 4.69) is 15.6 Å². The Bertz CT molecular complexity index is 637. The summed E-state index contributed by atoms with van der Waals surface area (Å²) in [5.41, 5.74) is 1.42. The van der Waals surface area contributed by atoms with Crippen LogP contribution in [0, 0.1) is 6.92 Å². The molecule has 1 aromatic carbocycles. The standard InChI is InChI=1S/C16H21N3O2S.2ClH/c1-11(17-3)8-18-16(20)14-6-4-5-7-15(14)21-9-13-10-22-12(2)19-13;;/h4-7,10-11,17H,8-9H2,1-3H3,(H,18,20);2*1H. The van der Waals surface area contributed by atoms with Gasteiger partial charge in [0, 0.05) is 18.0 Å². The molecule has 0 aliphatic heterocycles. The van der Waals surface area contributed by atoms with Gasteiger partial charge in [0.05, 0.1) is 16.3 Å². The van der Waals surface area contributed by atoms with Crippen LogP contribution in [0.3, 0.4) is 0 Å². The fourth-order valence-electron chi connectivity index (χ4n) is 1.85. The highest BCUT2D eigenvalue weighted by Crippen LogP contribution is 2.19. The van der Waals surface area contributed by atoms with Crippen molar-refractivity contribution in [2.24, 2.45) is 0 Å². The number of likely N-dealkylation sites (N-methyl/N-ethyl adjacent to an activating group) is 1. The number of ether oxygens (including phenoxy) is 1. The molecule has 0 radical (unpaired) electrons. The molecule has 134 valence electrons. The Balaban J connectivity index is 0.00000264. The number of thiazole rings is 1. The van der Waals surface area contributed by atoms with Gasteiger partial charge >= 0.3 is 0 Å². The minimum Gasteiger partial charge on any atom is -0.486 e. The molecule has 1 unspecified atom stereocenters. The number of rotatable bonds is 7. The molecule has 8 heteroatoms. The fourth-order valence-corrected chi connectivity index (χ4v) is 2.45. The first-order valence-electron chi connectivity index (χ1n) is 7.18. The van der Waals surface area contributed by atoms with Crippen LogP contribution in [0.1, 0.15) is 28.0 Å². The first-order chi connectivity index (χ1) is 10.6. The van der Waals surface area contributed by atoms with E-state index in [1.54, 1.807) is 23.5 Å². The van der Waals surface area contributed by atoms with Crippen LogP contribution in [0.15, 0.2) is 29.6 Å². The van der Waals surface area contributed by atoms with E-state index in [1.807, 2.05) is 38.4 Å². The van der Waals surface area contributed by atoms with Crippen molar-refractivity contribution in [3.05, 3.63) is 45.9 Å². The first kappa shape index (κ1) is 22.7. The van der Waals surface area contributed by atoms with Crippen molar-refractivity contribution in [2.75, 3.05) is 13.6 Å². The predicted molar refractivity (Wildman–Crippen MR) is 103 cm³/mol. The minimum atomic E-state index is -0.132. The van der Waals surface area contributed by atoms with Crippen LogP contribution in [-0.4, -0.2) is 30.5 Å². The summed E-state index contributed by atoms with van der Waals surface area (Å²) in [5, 5.41) is 8.95. The number of halogens is 2. The van der Waals surface area contributed by atoms with Gasteiger partial charge in [-0.3, -0.25) is 4.79 Å². The van der Waals surface area contributed by atoms with Crippen LogP contribution in [0.25, 0.3) is 0 Å². The molecule has 0 spiro atoms. The van der Waals surface area contributed by atoms with Gasteiger partial charge in [0.15, 0.2) is 0 Å². The molecule has 0 saturated heterocycles. The number of nitrogens with zero attached hydrogens (tertiary/aromatic N) is 1. The van der Waals surface area contributed by atoms with Crippen LogP contribution in [0.5, 0.6) is 5.75 Å². The lowest BCUT2D eigenvalue weighted by atomic mass is 10.2. The van der Waals surface area contributed by atoms with Gasteiger partial charge in [-0.25, -0.2) is 4.98 Å². The van der Waals surface area contributed by atoms with E-state index >= 15 is 0 Å². The Morgan fingerprint density at radius 2 is 2.04 bits per heavy atom. The molecule has 0 bridgehead atoms. The number of hydrogen-bond acceptors (Lipinski definition) is 5. The van der Waals surface area contributed by atoms with Crippen molar-refractivity contribution in [3.8, 4) is 5.75 Å². The number of para-hydroxylation sites is 1. The van der Waals surface area contributed by atoms with Crippen molar-refractivity contribution in [2.45, 2.75) is 26.5 Å². The molecule has 2 aromatic rings. The average molecular weight is 392 g/mol. The van der Waals surface area contributed by atoms with Gasteiger partial charge in [0.1, 0.15) is 12.4 Å². The summed E-state index contributed by atoms with van der Waals surface area (Å²) in [6.07, 6.45) is 0. The quantitative estimate of drug-likeness (QED) is 0.760. The second-order valence-corrected chi connectivity index (χ2v) is 6.10. The molecule has 0 saturated carbocycles. The van der Waals surface area contributed by atoms with E-state index in [0.29, 0.717) is 24.5 Å². The van der Waals surface area contributed by atoms with Crippen LogP contribution in [0.2, 0.25) is 0 Å². The van der Waals surface area contributed by atoms with Gasteiger partial charge in [-0.05, 0) is 33.0 Å². The molecule has 24 heavy (non-hydrogen) atoms. The van der Waals surface area contributed by atoms with Gasteiger partial charge in [-0.2, -0.15) is 0 Å². The molecule has 5 nitrogen and oxygen atoms in total. The van der Waals surface area contributed by atoms with Gasteiger partial charge in [-0.1, -0.05) is 12.1 Å². The largest absolute Gasteiger partial charge is 0.486 e. The van der Waals surface area contributed by atoms with E-state index in [1.165, 1.54) is 0 Å². The number of amides is 1. The third kappa shape index (κ3) is 6.65. The Labute approximate surface area is 159 Å². The third-order valence-corrected chi connectivity index (χ3v) is 4.06. The molecular formula is C16H23Cl2N3O2S. The zero-order valence-corrected chi connectivity index (χ0v) is 16.3. The molecule has 2 N–H and O–H groups in total. The highest BCUT2D eigenvalue weighted by molar-refractivity contribution is 7.09. The van der Waals surface area contributed by atoms with Gasteiger partial charge in [-0.15, -0.1) is 36.2 Å². The van der Waals surface area contributed by atoms with Crippen molar-refractivity contribution >= 4 is 42.1 Å². The average Bonchev–Trinajstić information content (AvgIpc) is 2.96. The maximum Gasteiger partial charge on any atom is 0.255 e. The topological polar surface area (TPSA) is 63.2 Å². The molecule has 0 fully saturated rings. The number of benzene rings is 1. The number of aryl methyl sites for hydroxylation is 1. The lowest BCUT2D eigenvalue weighted by Crippen LogP contribution is -2.37. The summed E-state index contributed by atoms with van der Waals surface area (Å²) in [4.78, 5) is 16.6. The Morgan fingerprint density at radius 1 is 1.33 bits per heavy atom. The van der Waals surface area contributed by atoms with Crippen LogP contribution >= 0.6 is 36.2 Å². The van der Waals surface area contributed by atoms with Crippen LogP contribution in [-0.2, 0) is 6.61 Å². The number of carbonyl (C=O) groups excluding carboxylic acids is 1. The van der Waals surface area contributed by atoms with E-state index in [9.17, 15) is 4.79 Å². The van der Waals surface area contributed by atoms with Gasteiger partial charge in [0.25, 0.3) is 5.91 Å². The summed E-state index contributed by atoms with van der Waals surface area (Å²) >= 11 is 1.59. The second-order valence-electron chi connectivity index (χ2n) is 5.04. The number of hydrogen-bond donors (Lipinski definition) is 2. The molecule has 0 aliphatic carbocycles. The zero-order chi connectivity index (χ0) is 15.9. The molecule has 1 atom stereocenters. The molecular weight excluding hydrogens is 369 g/mol. The molecule has 1 aromatic heterocycles. The predicted octanol–water partition coefficient (Wildman–Crippen LogP) is 3.21. The Hall–Kier alpha value is -1.34. The Morgan fingerprint density at radius 3 is 2.67 bits per heavy atom. The highest BCUT2D eigenvalue weighted by Gasteiger charge is 2.13. The van der Waals surface area contributed by atoms with Crippen molar-refractivity contribution < 1.29 is 9.53 Å². The van der Waals surface area contributed by atoms with Crippen molar-refractivity contribution in [1.29, 1.82) is 0 Å². The molecule has 2 rings (SSSR count). The molecule has 0 aliphatic rings. The van der Waals surface area contributed by atoms with Gasteiger partial charge in [0.2, 0.25) is 0 Å². The summed E-state index contributed by atoms with van der Waals surface area (Å²) in [6.45, 7) is 4.89.